The number of hydrogen-bond acceptors (Lipinski definition) is 3. The van der Waals surface area contributed by atoms with Gasteiger partial charge in [-0.05, 0) is 24.1 Å². The van der Waals surface area contributed by atoms with E-state index in [1.807, 2.05) is 30.3 Å². The van der Waals surface area contributed by atoms with Crippen LogP contribution in [0.5, 0.6) is 0 Å². The molecule has 0 atom stereocenters. The fraction of sp³-hybridized carbons (Fsp3) is 0.200. The largest absolute Gasteiger partial charge is 0.481 e. The SMILES string of the molecule is COC(=O)C(/C=C/c1ccccc1)=C(/C)CC(=O)O. The van der Waals surface area contributed by atoms with Crippen molar-refractivity contribution in [1.29, 1.82) is 0 Å². The van der Waals surface area contributed by atoms with Gasteiger partial charge < -0.3 is 9.84 Å². The number of benzene rings is 1. The molecule has 0 aliphatic carbocycles. The van der Waals surface area contributed by atoms with Crippen LogP contribution >= 0.6 is 0 Å². The first-order valence-electron chi connectivity index (χ1n) is 5.77. The third-order valence-electron chi connectivity index (χ3n) is 2.52. The van der Waals surface area contributed by atoms with Crippen LogP contribution in [0.2, 0.25) is 0 Å². The van der Waals surface area contributed by atoms with Gasteiger partial charge in [-0.15, -0.1) is 0 Å². The van der Waals surface area contributed by atoms with Gasteiger partial charge in [-0.25, -0.2) is 4.79 Å². The van der Waals surface area contributed by atoms with Gasteiger partial charge in [0.15, 0.2) is 0 Å². The van der Waals surface area contributed by atoms with Gasteiger partial charge in [0.2, 0.25) is 0 Å². The standard InChI is InChI=1S/C15H16O4/c1-11(10-14(16)17)13(15(18)19-2)9-8-12-6-4-3-5-7-12/h3-9H,10H2,1-2H3,(H,16,17)/b9-8+,13-11-. The number of ether oxygens (including phenoxy) is 1. The van der Waals surface area contributed by atoms with Gasteiger partial charge in [-0.3, -0.25) is 4.79 Å². The predicted molar refractivity (Wildman–Crippen MR) is 72.4 cm³/mol. The number of carboxylic acids is 1. The minimum Gasteiger partial charge on any atom is -0.481 e. The van der Waals surface area contributed by atoms with Crippen LogP contribution in [0, 0.1) is 0 Å². The second kappa shape index (κ2) is 7.16. The number of aliphatic carboxylic acids is 1. The molecule has 1 N–H and O–H groups in total. The Morgan fingerprint density at radius 1 is 1.26 bits per heavy atom. The first-order chi connectivity index (χ1) is 9.04. The van der Waals surface area contributed by atoms with E-state index in [9.17, 15) is 9.59 Å². The van der Waals surface area contributed by atoms with Crippen molar-refractivity contribution in [2.45, 2.75) is 13.3 Å². The Labute approximate surface area is 112 Å². The molecule has 1 aromatic rings. The summed E-state index contributed by atoms with van der Waals surface area (Å²) in [5.74, 6) is -1.52. The van der Waals surface area contributed by atoms with E-state index in [0.717, 1.165) is 5.56 Å². The minimum atomic E-state index is -0.980. The lowest BCUT2D eigenvalue weighted by Gasteiger charge is -2.05. The van der Waals surface area contributed by atoms with E-state index in [4.69, 9.17) is 5.11 Å². The molecule has 4 heteroatoms. The summed E-state index contributed by atoms with van der Waals surface area (Å²) in [5, 5.41) is 8.76. The molecular formula is C15H16O4. The quantitative estimate of drug-likeness (QED) is 0.502. The zero-order valence-electron chi connectivity index (χ0n) is 10.9. The van der Waals surface area contributed by atoms with Crippen LogP contribution in [-0.2, 0) is 14.3 Å². The molecule has 0 unspecified atom stereocenters. The molecule has 0 aliphatic heterocycles. The third-order valence-corrected chi connectivity index (χ3v) is 2.52. The maximum absolute atomic E-state index is 11.6. The summed E-state index contributed by atoms with van der Waals surface area (Å²) in [6.07, 6.45) is 3.14. The van der Waals surface area contributed by atoms with Crippen LogP contribution in [0.15, 0.2) is 47.6 Å². The van der Waals surface area contributed by atoms with Crippen LogP contribution in [0.1, 0.15) is 18.9 Å². The van der Waals surface area contributed by atoms with Gasteiger partial charge in [0.05, 0.1) is 19.1 Å². The molecule has 1 aromatic carbocycles. The highest BCUT2D eigenvalue weighted by Gasteiger charge is 2.12. The molecule has 0 radical (unpaired) electrons. The number of carbonyl (C=O) groups excluding carboxylic acids is 1. The lowest BCUT2D eigenvalue weighted by atomic mass is 10.0. The topological polar surface area (TPSA) is 63.6 Å². The van der Waals surface area contributed by atoms with Gasteiger partial charge in [0.25, 0.3) is 0 Å². The lowest BCUT2D eigenvalue weighted by molar-refractivity contribution is -0.136. The lowest BCUT2D eigenvalue weighted by Crippen LogP contribution is -2.07. The molecule has 0 bridgehead atoms. The normalized spacial score (nSPS) is 12.1. The zero-order valence-corrected chi connectivity index (χ0v) is 10.9. The van der Waals surface area contributed by atoms with Gasteiger partial charge in [0.1, 0.15) is 0 Å². The number of esters is 1. The number of methoxy groups -OCH3 is 1. The first-order valence-corrected chi connectivity index (χ1v) is 5.77. The Balaban J connectivity index is 3.02. The summed E-state index contributed by atoms with van der Waals surface area (Å²) in [4.78, 5) is 22.3. The summed E-state index contributed by atoms with van der Waals surface area (Å²) in [7, 11) is 1.27. The Kier molecular flexibility index (Phi) is 5.54. The predicted octanol–water partition coefficient (Wildman–Crippen LogP) is 2.66. The van der Waals surface area contributed by atoms with E-state index in [0.29, 0.717) is 5.57 Å². The van der Waals surface area contributed by atoms with Gasteiger partial charge >= 0.3 is 11.9 Å². The Hall–Kier alpha value is -2.36. The molecule has 0 aromatic heterocycles. The summed E-state index contributed by atoms with van der Waals surface area (Å²) in [5.41, 5.74) is 1.66. The third kappa shape index (κ3) is 4.79. The first kappa shape index (κ1) is 14.7. The van der Waals surface area contributed by atoms with E-state index in [1.165, 1.54) is 7.11 Å². The highest BCUT2D eigenvalue weighted by Crippen LogP contribution is 2.14. The minimum absolute atomic E-state index is 0.191. The molecule has 19 heavy (non-hydrogen) atoms. The van der Waals surface area contributed by atoms with Crippen molar-refractivity contribution >= 4 is 18.0 Å². The van der Waals surface area contributed by atoms with Crippen molar-refractivity contribution in [2.24, 2.45) is 0 Å². The van der Waals surface area contributed by atoms with Crippen LogP contribution in [-0.4, -0.2) is 24.2 Å². The molecule has 0 fully saturated rings. The number of hydrogen-bond donors (Lipinski definition) is 1. The molecule has 0 saturated heterocycles. The second-order valence-corrected chi connectivity index (χ2v) is 4.00. The second-order valence-electron chi connectivity index (χ2n) is 4.00. The van der Waals surface area contributed by atoms with Crippen molar-refractivity contribution < 1.29 is 19.4 Å². The van der Waals surface area contributed by atoms with Gasteiger partial charge in [0, 0.05) is 0 Å². The van der Waals surface area contributed by atoms with Crippen molar-refractivity contribution in [2.75, 3.05) is 7.11 Å². The van der Waals surface area contributed by atoms with E-state index >= 15 is 0 Å². The summed E-state index contributed by atoms with van der Waals surface area (Å²) >= 11 is 0. The molecule has 0 heterocycles. The smallest absolute Gasteiger partial charge is 0.337 e. The highest BCUT2D eigenvalue weighted by atomic mass is 16.5. The van der Waals surface area contributed by atoms with E-state index in [-0.39, 0.29) is 12.0 Å². The molecule has 0 aliphatic rings. The fourth-order valence-electron chi connectivity index (χ4n) is 1.56. The maximum Gasteiger partial charge on any atom is 0.337 e. The van der Waals surface area contributed by atoms with Crippen LogP contribution in [0.3, 0.4) is 0 Å². The van der Waals surface area contributed by atoms with Gasteiger partial charge in [-0.2, -0.15) is 0 Å². The molecule has 1 rings (SSSR count). The van der Waals surface area contributed by atoms with Crippen LogP contribution < -0.4 is 0 Å². The van der Waals surface area contributed by atoms with E-state index in [2.05, 4.69) is 4.74 Å². The Bertz CT molecular complexity index is 512. The Morgan fingerprint density at radius 2 is 1.89 bits per heavy atom. The van der Waals surface area contributed by atoms with Crippen LogP contribution in [0.25, 0.3) is 6.08 Å². The Morgan fingerprint density at radius 3 is 2.42 bits per heavy atom. The summed E-state index contributed by atoms with van der Waals surface area (Å²) in [6, 6.07) is 9.43. The maximum atomic E-state index is 11.6. The van der Waals surface area contributed by atoms with E-state index < -0.39 is 11.9 Å². The van der Waals surface area contributed by atoms with Crippen LogP contribution in [0.4, 0.5) is 0 Å². The fourth-order valence-corrected chi connectivity index (χ4v) is 1.56. The van der Waals surface area contributed by atoms with Crippen molar-refractivity contribution in [3.63, 3.8) is 0 Å². The average Bonchev–Trinajstić information content (AvgIpc) is 2.39. The molecule has 0 amide bonds. The number of carboxylic acid groups (broad SMARTS) is 1. The molecule has 4 nitrogen and oxygen atoms in total. The van der Waals surface area contributed by atoms with Crippen molar-refractivity contribution in [3.05, 3.63) is 53.1 Å². The van der Waals surface area contributed by atoms with Crippen molar-refractivity contribution in [3.8, 4) is 0 Å². The zero-order chi connectivity index (χ0) is 14.3. The van der Waals surface area contributed by atoms with Gasteiger partial charge in [-0.1, -0.05) is 36.4 Å². The number of carbonyl (C=O) groups is 2. The average molecular weight is 260 g/mol. The molecule has 0 saturated carbocycles. The molecular weight excluding hydrogens is 244 g/mol. The van der Waals surface area contributed by atoms with Crippen molar-refractivity contribution in [1.82, 2.24) is 0 Å². The monoisotopic (exact) mass is 260 g/mol. The molecule has 0 spiro atoms. The summed E-state index contributed by atoms with van der Waals surface area (Å²) < 4.78 is 4.66. The van der Waals surface area contributed by atoms with E-state index in [1.54, 1.807) is 19.1 Å². The molecule has 100 valence electrons. The highest BCUT2D eigenvalue weighted by molar-refractivity contribution is 5.94. The number of rotatable bonds is 5. The summed E-state index contributed by atoms with van der Waals surface area (Å²) in [6.45, 7) is 1.61.